The van der Waals surface area contributed by atoms with E-state index >= 15 is 0 Å². The van der Waals surface area contributed by atoms with E-state index in [0.717, 1.165) is 44.9 Å². The van der Waals surface area contributed by atoms with Crippen LogP contribution >= 0.6 is 8.25 Å². The lowest BCUT2D eigenvalue weighted by Crippen LogP contribution is -2.29. The summed E-state index contributed by atoms with van der Waals surface area (Å²) in [6.07, 6.45) is 15.0. The fourth-order valence-corrected chi connectivity index (χ4v) is 4.22. The monoisotopic (exact) mass is 564 g/mol. The van der Waals surface area contributed by atoms with Gasteiger partial charge in [0.2, 0.25) is 0 Å². The molecule has 0 aliphatic heterocycles. The molecule has 222 valence electrons. The molecule has 4 N–H and O–H groups in total. The van der Waals surface area contributed by atoms with Crippen molar-refractivity contribution in [2.75, 3.05) is 19.8 Å². The second-order valence-corrected chi connectivity index (χ2v) is 10.5. The van der Waals surface area contributed by atoms with Crippen LogP contribution in [0.1, 0.15) is 117 Å². The molecule has 0 rings (SSSR count). The molecule has 3 atom stereocenters. The Kier molecular flexibility index (Phi) is 24.4. The highest BCUT2D eigenvalue weighted by atomic mass is 31.1. The van der Waals surface area contributed by atoms with Crippen LogP contribution in [0.2, 0.25) is 0 Å². The molecule has 10 nitrogen and oxygen atoms in total. The van der Waals surface area contributed by atoms with Crippen LogP contribution in [0.4, 0.5) is 0 Å². The molecule has 0 fully saturated rings. The standard InChI is InChI=1S/C27H50NO9P/c1-3-5-7-9-11-13-15-17-26(31)34-20-23(21-35-38(33)36-22-24(28)25(30)19-29)37-27(32)18-16-14-12-10-8-6-4-2/h19,23-24H,3-18,20-22,28H2,1-2H3,(H-,29,30)/p+1/b25-19-/t23-,24+/m1/s1. The fraction of sp³-hybridized carbons (Fsp3) is 0.852. The summed E-state index contributed by atoms with van der Waals surface area (Å²) in [6, 6.07) is -1.08. The number of carbonyl (C=O) groups excluding carboxylic acids is 2. The van der Waals surface area contributed by atoms with E-state index in [4.69, 9.17) is 29.4 Å². The molecule has 0 spiro atoms. The summed E-state index contributed by atoms with van der Waals surface area (Å²) in [4.78, 5) is 24.5. The predicted octanol–water partition coefficient (Wildman–Crippen LogP) is 6.70. The van der Waals surface area contributed by atoms with Crippen LogP contribution in [0.15, 0.2) is 12.0 Å². The zero-order chi connectivity index (χ0) is 28.4. The summed E-state index contributed by atoms with van der Waals surface area (Å²) in [7, 11) is -2.65. The maximum absolute atomic E-state index is 12.3. The maximum atomic E-state index is 12.3. The lowest BCUT2D eigenvalue weighted by atomic mass is 10.1. The summed E-state index contributed by atoms with van der Waals surface area (Å²) >= 11 is 0. The molecule has 1 unspecified atom stereocenters. The van der Waals surface area contributed by atoms with Gasteiger partial charge in [-0.3, -0.25) is 9.59 Å². The third kappa shape index (κ3) is 22.3. The van der Waals surface area contributed by atoms with Gasteiger partial charge in [-0.05, 0) is 12.8 Å². The number of unbranched alkanes of at least 4 members (excludes halogenated alkanes) is 12. The van der Waals surface area contributed by atoms with E-state index in [9.17, 15) is 19.3 Å². The number of esters is 2. The Morgan fingerprint density at radius 2 is 1.24 bits per heavy atom. The van der Waals surface area contributed by atoms with Gasteiger partial charge in [0.05, 0.1) is 6.04 Å². The van der Waals surface area contributed by atoms with Crippen LogP contribution in [-0.2, 0) is 32.7 Å². The molecule has 0 radical (unpaired) electrons. The Morgan fingerprint density at radius 3 is 1.76 bits per heavy atom. The van der Waals surface area contributed by atoms with E-state index in [1.165, 1.54) is 38.5 Å². The van der Waals surface area contributed by atoms with E-state index in [-0.39, 0.29) is 38.6 Å². The van der Waals surface area contributed by atoms with Crippen LogP contribution < -0.4 is 5.73 Å². The molecule has 11 heteroatoms. The molecule has 0 aromatic carbocycles. The van der Waals surface area contributed by atoms with Crippen LogP contribution in [0.5, 0.6) is 0 Å². The van der Waals surface area contributed by atoms with Gasteiger partial charge >= 0.3 is 20.2 Å². The molecule has 0 heterocycles. The largest absolute Gasteiger partial charge is 0.697 e. The molecule has 0 amide bonds. The fourth-order valence-electron chi connectivity index (χ4n) is 3.58. The normalized spacial score (nSPS) is 13.7. The van der Waals surface area contributed by atoms with Crippen LogP contribution in [0.25, 0.3) is 0 Å². The molecule has 0 aromatic heterocycles. The number of ether oxygens (including phenoxy) is 2. The Hall–Kier alpha value is -1.74. The average Bonchev–Trinajstić information content (AvgIpc) is 2.91. The first kappa shape index (κ1) is 36.3. The van der Waals surface area contributed by atoms with Crippen molar-refractivity contribution in [3.8, 4) is 0 Å². The summed E-state index contributed by atoms with van der Waals surface area (Å²) in [5.41, 5.74) is 5.54. The number of carbonyl (C=O) groups is 2. The smallest absolute Gasteiger partial charge is 0.512 e. The van der Waals surface area contributed by atoms with Gasteiger partial charge in [0.25, 0.3) is 0 Å². The number of hydrogen-bond donors (Lipinski definition) is 3. The van der Waals surface area contributed by atoms with Crippen molar-refractivity contribution in [3.63, 3.8) is 0 Å². The number of aliphatic hydroxyl groups excluding tert-OH is 2. The number of aliphatic hydroxyl groups is 2. The highest BCUT2D eigenvalue weighted by molar-refractivity contribution is 7.33. The highest BCUT2D eigenvalue weighted by Crippen LogP contribution is 2.25. The van der Waals surface area contributed by atoms with Crippen LogP contribution in [0.3, 0.4) is 0 Å². The van der Waals surface area contributed by atoms with Gasteiger partial charge < -0.3 is 25.4 Å². The van der Waals surface area contributed by atoms with Crippen molar-refractivity contribution >= 4 is 20.2 Å². The second kappa shape index (κ2) is 25.5. The predicted molar refractivity (Wildman–Crippen MR) is 147 cm³/mol. The van der Waals surface area contributed by atoms with Gasteiger partial charge in [-0.1, -0.05) is 90.9 Å². The molecule has 0 aromatic rings. The van der Waals surface area contributed by atoms with Gasteiger partial charge in [-0.2, -0.15) is 0 Å². The van der Waals surface area contributed by atoms with Crippen LogP contribution in [0, 0.1) is 0 Å². The topological polar surface area (TPSA) is 155 Å². The first-order valence-corrected chi connectivity index (χ1v) is 15.3. The first-order chi connectivity index (χ1) is 18.3. The zero-order valence-electron chi connectivity index (χ0n) is 23.4. The van der Waals surface area contributed by atoms with Crippen molar-refractivity contribution in [2.24, 2.45) is 5.73 Å². The Balaban J connectivity index is 4.51. The van der Waals surface area contributed by atoms with Gasteiger partial charge in [0, 0.05) is 17.4 Å². The Labute approximate surface area is 229 Å². The first-order valence-electron chi connectivity index (χ1n) is 14.2. The molecule has 38 heavy (non-hydrogen) atoms. The lowest BCUT2D eigenvalue weighted by Gasteiger charge is -2.16. The Morgan fingerprint density at radius 1 is 0.763 bits per heavy atom. The summed E-state index contributed by atoms with van der Waals surface area (Å²) in [5, 5.41) is 18.0. The zero-order valence-corrected chi connectivity index (χ0v) is 24.3. The molecule has 0 aliphatic rings. The maximum Gasteiger partial charge on any atom is 0.697 e. The molecule has 0 aliphatic carbocycles. The van der Waals surface area contributed by atoms with Crippen molar-refractivity contribution in [3.05, 3.63) is 12.0 Å². The summed E-state index contributed by atoms with van der Waals surface area (Å²) in [6.45, 7) is 3.45. The molecular weight excluding hydrogens is 513 g/mol. The Bertz CT molecular complexity index is 660. The summed E-state index contributed by atoms with van der Waals surface area (Å²) in [5.74, 6) is -1.35. The average molecular weight is 565 g/mol. The van der Waals surface area contributed by atoms with E-state index < -0.39 is 32.1 Å². The van der Waals surface area contributed by atoms with Gasteiger partial charge in [0.15, 0.2) is 6.10 Å². The second-order valence-electron chi connectivity index (χ2n) is 9.51. The lowest BCUT2D eigenvalue weighted by molar-refractivity contribution is -0.161. The molecule has 0 saturated heterocycles. The van der Waals surface area contributed by atoms with E-state index in [2.05, 4.69) is 13.8 Å². The highest BCUT2D eigenvalue weighted by Gasteiger charge is 2.28. The summed E-state index contributed by atoms with van der Waals surface area (Å²) < 4.78 is 32.8. The third-order valence-corrected chi connectivity index (χ3v) is 6.65. The third-order valence-electron chi connectivity index (χ3n) is 5.93. The molecular formula is C27H51NO9P+. The van der Waals surface area contributed by atoms with Gasteiger partial charge in [0.1, 0.15) is 31.8 Å². The number of rotatable bonds is 26. The molecule has 0 saturated carbocycles. The van der Waals surface area contributed by atoms with E-state index in [0.29, 0.717) is 12.7 Å². The minimum absolute atomic E-state index is 0.213. The van der Waals surface area contributed by atoms with Crippen molar-refractivity contribution in [2.45, 2.75) is 129 Å². The minimum Gasteiger partial charge on any atom is -0.512 e. The van der Waals surface area contributed by atoms with Gasteiger partial charge in [-0.15, -0.1) is 9.05 Å². The van der Waals surface area contributed by atoms with E-state index in [1.807, 2.05) is 0 Å². The van der Waals surface area contributed by atoms with Crippen molar-refractivity contribution in [1.29, 1.82) is 0 Å². The quantitative estimate of drug-likeness (QED) is 0.0447. The minimum atomic E-state index is -2.65. The SMILES string of the molecule is CCCCCCCCCC(=O)OC[C@H](CO[P+](=O)OC[C@H](N)/C(O)=C/O)OC(=O)CCCCCCCCC. The van der Waals surface area contributed by atoms with Crippen molar-refractivity contribution in [1.82, 2.24) is 0 Å². The van der Waals surface area contributed by atoms with Gasteiger partial charge in [-0.25, -0.2) is 0 Å². The molecule has 0 bridgehead atoms. The van der Waals surface area contributed by atoms with E-state index in [1.54, 1.807) is 0 Å². The van der Waals surface area contributed by atoms with Crippen molar-refractivity contribution < 1.29 is 42.9 Å². The van der Waals surface area contributed by atoms with Crippen LogP contribution in [-0.4, -0.2) is 54.1 Å². The number of nitrogens with two attached hydrogens (primary N) is 1. The number of hydrogen-bond acceptors (Lipinski definition) is 10.